The van der Waals surface area contributed by atoms with Crippen molar-refractivity contribution in [2.75, 3.05) is 19.0 Å². The molecule has 1 rings (SSSR count). The second-order valence-corrected chi connectivity index (χ2v) is 3.73. The van der Waals surface area contributed by atoms with Crippen molar-refractivity contribution in [2.45, 2.75) is 12.5 Å². The number of hydrogen-bond acceptors (Lipinski definition) is 4. The molecule has 0 bridgehead atoms. The van der Waals surface area contributed by atoms with Gasteiger partial charge in [0, 0.05) is 18.7 Å². The fraction of sp³-hybridized carbons (Fsp3) is 0.333. The Balaban J connectivity index is 2.55. The van der Waals surface area contributed by atoms with Gasteiger partial charge in [-0.2, -0.15) is 0 Å². The molecule has 2 amide bonds. The summed E-state index contributed by atoms with van der Waals surface area (Å²) in [5, 5.41) is 22.3. The first-order valence-electron chi connectivity index (χ1n) is 5.62. The summed E-state index contributed by atoms with van der Waals surface area (Å²) in [6.45, 7) is -0.320. The van der Waals surface area contributed by atoms with Gasteiger partial charge in [-0.1, -0.05) is 0 Å². The van der Waals surface area contributed by atoms with E-state index in [0.717, 1.165) is 0 Å². The molecule has 0 aliphatic heterocycles. The summed E-state index contributed by atoms with van der Waals surface area (Å²) in [4.78, 5) is 22.3. The lowest BCUT2D eigenvalue weighted by Gasteiger charge is -2.14. The Labute approximate surface area is 110 Å². The monoisotopic (exact) mass is 268 g/mol. The molecule has 0 aliphatic rings. The SMILES string of the molecule is COc1ccc(NC(=O)NC(CCO)C(=O)O)cc1. The van der Waals surface area contributed by atoms with Crippen LogP contribution in [0.3, 0.4) is 0 Å². The van der Waals surface area contributed by atoms with Crippen molar-refractivity contribution in [3.8, 4) is 5.75 Å². The van der Waals surface area contributed by atoms with Crippen molar-refractivity contribution in [1.29, 1.82) is 0 Å². The zero-order chi connectivity index (χ0) is 14.3. The van der Waals surface area contributed by atoms with Gasteiger partial charge in [0.2, 0.25) is 0 Å². The molecule has 1 atom stereocenters. The molecule has 1 unspecified atom stereocenters. The predicted octanol–water partition coefficient (Wildman–Crippen LogP) is 0.652. The summed E-state index contributed by atoms with van der Waals surface area (Å²) in [6, 6.07) is 4.81. The third-order valence-electron chi connectivity index (χ3n) is 2.37. The quantitative estimate of drug-likeness (QED) is 0.606. The molecule has 0 fully saturated rings. The van der Waals surface area contributed by atoms with E-state index in [2.05, 4.69) is 10.6 Å². The molecule has 1 aromatic rings. The van der Waals surface area contributed by atoms with Crippen molar-refractivity contribution in [2.24, 2.45) is 0 Å². The minimum Gasteiger partial charge on any atom is -0.497 e. The van der Waals surface area contributed by atoms with Crippen LogP contribution >= 0.6 is 0 Å². The number of nitrogens with one attached hydrogen (secondary N) is 2. The second kappa shape index (κ2) is 7.22. The highest BCUT2D eigenvalue weighted by Gasteiger charge is 2.18. The number of carbonyl (C=O) groups is 2. The Kier molecular flexibility index (Phi) is 5.62. The number of anilines is 1. The smallest absolute Gasteiger partial charge is 0.326 e. The van der Waals surface area contributed by atoms with Gasteiger partial charge >= 0.3 is 12.0 Å². The van der Waals surface area contributed by atoms with Crippen LogP contribution in [-0.4, -0.2) is 42.0 Å². The third-order valence-corrected chi connectivity index (χ3v) is 2.37. The number of amides is 2. The Morgan fingerprint density at radius 2 is 1.95 bits per heavy atom. The third kappa shape index (κ3) is 4.84. The number of benzene rings is 1. The normalized spacial score (nSPS) is 11.5. The van der Waals surface area contributed by atoms with Gasteiger partial charge < -0.3 is 25.6 Å². The van der Waals surface area contributed by atoms with E-state index in [1.165, 1.54) is 7.11 Å². The van der Waals surface area contributed by atoms with Crippen molar-refractivity contribution in [3.63, 3.8) is 0 Å². The molecule has 7 heteroatoms. The number of aliphatic hydroxyl groups excluding tert-OH is 1. The van der Waals surface area contributed by atoms with E-state index in [-0.39, 0.29) is 13.0 Å². The number of aliphatic carboxylic acids is 1. The molecule has 0 saturated heterocycles. The molecule has 0 aliphatic carbocycles. The Morgan fingerprint density at radius 3 is 2.42 bits per heavy atom. The average molecular weight is 268 g/mol. The number of carbonyl (C=O) groups excluding carboxylic acids is 1. The molecular weight excluding hydrogens is 252 g/mol. The van der Waals surface area contributed by atoms with E-state index < -0.39 is 18.0 Å². The zero-order valence-corrected chi connectivity index (χ0v) is 10.4. The average Bonchev–Trinajstić information content (AvgIpc) is 2.39. The number of hydrogen-bond donors (Lipinski definition) is 4. The van der Waals surface area contributed by atoms with Crippen LogP contribution in [0.1, 0.15) is 6.42 Å². The molecule has 19 heavy (non-hydrogen) atoms. The lowest BCUT2D eigenvalue weighted by Crippen LogP contribution is -2.43. The molecule has 104 valence electrons. The zero-order valence-electron chi connectivity index (χ0n) is 10.4. The minimum atomic E-state index is -1.20. The molecule has 0 heterocycles. The van der Waals surface area contributed by atoms with Crippen molar-refractivity contribution >= 4 is 17.7 Å². The number of urea groups is 1. The Hall–Kier alpha value is -2.28. The van der Waals surface area contributed by atoms with Crippen molar-refractivity contribution < 1.29 is 24.5 Å². The first kappa shape index (κ1) is 14.8. The van der Waals surface area contributed by atoms with Gasteiger partial charge in [0.15, 0.2) is 0 Å². The molecule has 0 aromatic heterocycles. The van der Waals surface area contributed by atoms with Gasteiger partial charge in [-0.15, -0.1) is 0 Å². The Bertz CT molecular complexity index is 432. The van der Waals surface area contributed by atoms with Crippen LogP contribution < -0.4 is 15.4 Å². The maximum Gasteiger partial charge on any atom is 0.326 e. The van der Waals surface area contributed by atoms with E-state index in [9.17, 15) is 9.59 Å². The van der Waals surface area contributed by atoms with Gasteiger partial charge in [0.1, 0.15) is 11.8 Å². The van der Waals surface area contributed by atoms with Crippen LogP contribution in [0.25, 0.3) is 0 Å². The fourth-order valence-corrected chi connectivity index (χ4v) is 1.39. The number of aliphatic hydroxyl groups is 1. The van der Waals surface area contributed by atoms with E-state index in [1.54, 1.807) is 24.3 Å². The second-order valence-electron chi connectivity index (χ2n) is 3.73. The van der Waals surface area contributed by atoms with E-state index in [4.69, 9.17) is 14.9 Å². The summed E-state index contributed by atoms with van der Waals surface area (Å²) in [7, 11) is 1.53. The summed E-state index contributed by atoms with van der Waals surface area (Å²) in [5.41, 5.74) is 0.506. The predicted molar refractivity (Wildman–Crippen MR) is 68.3 cm³/mol. The highest BCUT2D eigenvalue weighted by Crippen LogP contribution is 2.14. The minimum absolute atomic E-state index is 0.0502. The molecule has 0 spiro atoms. The summed E-state index contributed by atoms with van der Waals surface area (Å²) in [5.74, 6) is -0.548. The molecule has 7 nitrogen and oxygen atoms in total. The lowest BCUT2D eigenvalue weighted by atomic mass is 10.2. The highest BCUT2D eigenvalue weighted by atomic mass is 16.5. The molecule has 1 aromatic carbocycles. The van der Waals surface area contributed by atoms with Gasteiger partial charge in [-0.05, 0) is 24.3 Å². The largest absolute Gasteiger partial charge is 0.497 e. The van der Waals surface area contributed by atoms with E-state index in [0.29, 0.717) is 11.4 Å². The van der Waals surface area contributed by atoms with E-state index >= 15 is 0 Å². The topological polar surface area (TPSA) is 108 Å². The summed E-state index contributed by atoms with van der Waals surface area (Å²) >= 11 is 0. The summed E-state index contributed by atoms with van der Waals surface area (Å²) < 4.78 is 4.97. The van der Waals surface area contributed by atoms with Crippen LogP contribution in [0.2, 0.25) is 0 Å². The van der Waals surface area contributed by atoms with Crippen molar-refractivity contribution in [1.82, 2.24) is 5.32 Å². The van der Waals surface area contributed by atoms with Crippen LogP contribution in [0, 0.1) is 0 Å². The van der Waals surface area contributed by atoms with Crippen LogP contribution in [0.4, 0.5) is 10.5 Å². The number of carboxylic acids is 1. The lowest BCUT2D eigenvalue weighted by molar-refractivity contribution is -0.139. The van der Waals surface area contributed by atoms with Gasteiger partial charge in [0.05, 0.1) is 7.11 Å². The van der Waals surface area contributed by atoms with Crippen LogP contribution in [0.5, 0.6) is 5.75 Å². The molecule has 4 N–H and O–H groups in total. The summed E-state index contributed by atoms with van der Waals surface area (Å²) in [6.07, 6.45) is -0.0502. The van der Waals surface area contributed by atoms with Crippen LogP contribution in [-0.2, 0) is 4.79 Å². The number of rotatable bonds is 6. The standard InChI is InChI=1S/C12H16N2O5/c1-19-9-4-2-8(3-5-9)13-12(18)14-10(6-7-15)11(16)17/h2-5,10,15H,6-7H2,1H3,(H,16,17)(H2,13,14,18). The molecule has 0 saturated carbocycles. The Morgan fingerprint density at radius 1 is 1.32 bits per heavy atom. The fourth-order valence-electron chi connectivity index (χ4n) is 1.39. The van der Waals surface area contributed by atoms with Crippen molar-refractivity contribution in [3.05, 3.63) is 24.3 Å². The first-order valence-corrected chi connectivity index (χ1v) is 5.62. The maximum absolute atomic E-state index is 11.6. The molecular formula is C12H16N2O5. The number of methoxy groups -OCH3 is 1. The van der Waals surface area contributed by atoms with Gasteiger partial charge in [-0.3, -0.25) is 0 Å². The van der Waals surface area contributed by atoms with E-state index in [1.807, 2.05) is 0 Å². The maximum atomic E-state index is 11.6. The number of ether oxygens (including phenoxy) is 1. The highest BCUT2D eigenvalue weighted by molar-refractivity contribution is 5.92. The van der Waals surface area contributed by atoms with Gasteiger partial charge in [-0.25, -0.2) is 9.59 Å². The van der Waals surface area contributed by atoms with Crippen LogP contribution in [0.15, 0.2) is 24.3 Å². The molecule has 0 radical (unpaired) electrons. The number of carboxylic acid groups (broad SMARTS) is 1. The first-order chi connectivity index (χ1) is 9.06. The van der Waals surface area contributed by atoms with Gasteiger partial charge in [0.25, 0.3) is 0 Å².